The molecular weight excluding hydrogens is 172 g/mol. The van der Waals surface area contributed by atoms with Gasteiger partial charge in [-0.25, -0.2) is 0 Å². The first-order chi connectivity index (χ1) is 5.72. The van der Waals surface area contributed by atoms with E-state index >= 15 is 0 Å². The molecule has 0 saturated heterocycles. The molecule has 0 bridgehead atoms. The van der Waals surface area contributed by atoms with Crippen molar-refractivity contribution in [2.75, 3.05) is 5.75 Å². The lowest BCUT2D eigenvalue weighted by Gasteiger charge is -2.09. The molecule has 1 unspecified atom stereocenters. The molecule has 72 valence electrons. The number of hydrogen-bond donors (Lipinski definition) is 2. The summed E-state index contributed by atoms with van der Waals surface area (Å²) in [6.07, 6.45) is 4.59. The maximum Gasteiger partial charge on any atom is 0.306 e. The highest BCUT2D eigenvalue weighted by Crippen LogP contribution is 2.15. The van der Waals surface area contributed by atoms with Crippen LogP contribution in [0.5, 0.6) is 0 Å². The number of thiol groups is 1. The zero-order chi connectivity index (χ0) is 9.40. The predicted molar refractivity (Wildman–Crippen MR) is 53.7 cm³/mol. The van der Waals surface area contributed by atoms with Gasteiger partial charge in [0.15, 0.2) is 0 Å². The molecule has 3 heteroatoms. The molecule has 0 aromatic carbocycles. The number of carbonyl (C=O) groups is 1. The number of carboxylic acid groups (broad SMARTS) is 1. The fourth-order valence-corrected chi connectivity index (χ4v) is 1.36. The van der Waals surface area contributed by atoms with E-state index in [4.69, 9.17) is 5.11 Å². The summed E-state index contributed by atoms with van der Waals surface area (Å²) in [5.41, 5.74) is 0. The molecule has 0 rings (SSSR count). The van der Waals surface area contributed by atoms with Gasteiger partial charge in [0.2, 0.25) is 0 Å². The average Bonchev–Trinajstić information content (AvgIpc) is 2.04. The Hall–Kier alpha value is -0.180. The van der Waals surface area contributed by atoms with Gasteiger partial charge in [0.1, 0.15) is 0 Å². The molecular formula is C9H18O2S. The van der Waals surface area contributed by atoms with Crippen LogP contribution < -0.4 is 0 Å². The molecule has 0 aliphatic carbocycles. The minimum absolute atomic E-state index is 0.142. The molecule has 0 aromatic heterocycles. The van der Waals surface area contributed by atoms with Gasteiger partial charge in [-0.1, -0.05) is 19.8 Å². The van der Waals surface area contributed by atoms with Gasteiger partial charge < -0.3 is 5.11 Å². The van der Waals surface area contributed by atoms with E-state index in [2.05, 4.69) is 19.6 Å². The van der Waals surface area contributed by atoms with Crippen LogP contribution in [0.2, 0.25) is 0 Å². The number of carboxylic acids is 1. The summed E-state index contributed by atoms with van der Waals surface area (Å²) in [6.45, 7) is 2.08. The lowest BCUT2D eigenvalue weighted by molar-refractivity contribution is -0.142. The van der Waals surface area contributed by atoms with Crippen LogP contribution in [-0.4, -0.2) is 16.8 Å². The van der Waals surface area contributed by atoms with E-state index in [0.717, 1.165) is 37.9 Å². The van der Waals surface area contributed by atoms with Gasteiger partial charge in [-0.15, -0.1) is 0 Å². The Labute approximate surface area is 79.8 Å². The Bertz CT molecular complexity index is 118. The zero-order valence-corrected chi connectivity index (χ0v) is 8.52. The molecule has 0 fully saturated rings. The molecule has 1 N–H and O–H groups in total. The molecule has 0 saturated carbocycles. The SMILES string of the molecule is CCCCC(CCCS)C(=O)O. The molecule has 0 heterocycles. The highest BCUT2D eigenvalue weighted by atomic mass is 32.1. The Morgan fingerprint density at radius 3 is 2.42 bits per heavy atom. The van der Waals surface area contributed by atoms with Crippen molar-refractivity contribution in [2.24, 2.45) is 5.92 Å². The van der Waals surface area contributed by atoms with Gasteiger partial charge in [0, 0.05) is 0 Å². The van der Waals surface area contributed by atoms with Gasteiger partial charge in [-0.2, -0.15) is 12.6 Å². The number of hydrogen-bond acceptors (Lipinski definition) is 2. The molecule has 12 heavy (non-hydrogen) atoms. The molecule has 0 aliphatic heterocycles. The third kappa shape index (κ3) is 5.47. The molecule has 0 aromatic rings. The van der Waals surface area contributed by atoms with Gasteiger partial charge in [0.05, 0.1) is 5.92 Å². The van der Waals surface area contributed by atoms with Crippen LogP contribution in [-0.2, 0) is 4.79 Å². The van der Waals surface area contributed by atoms with E-state index in [-0.39, 0.29) is 5.92 Å². The van der Waals surface area contributed by atoms with Crippen molar-refractivity contribution in [3.8, 4) is 0 Å². The second-order valence-electron chi connectivity index (χ2n) is 3.04. The standard InChI is InChI=1S/C9H18O2S/c1-2-3-5-8(9(10)11)6-4-7-12/h8,12H,2-7H2,1H3,(H,10,11). The van der Waals surface area contributed by atoms with Crippen LogP contribution in [0.1, 0.15) is 39.0 Å². The molecule has 0 aliphatic rings. The van der Waals surface area contributed by atoms with E-state index < -0.39 is 5.97 Å². The van der Waals surface area contributed by atoms with E-state index in [1.54, 1.807) is 0 Å². The number of aliphatic carboxylic acids is 1. The zero-order valence-electron chi connectivity index (χ0n) is 7.62. The molecule has 0 amide bonds. The van der Waals surface area contributed by atoms with Crippen LogP contribution in [0.25, 0.3) is 0 Å². The minimum atomic E-state index is -0.648. The normalized spacial score (nSPS) is 12.8. The van der Waals surface area contributed by atoms with Crippen molar-refractivity contribution in [1.29, 1.82) is 0 Å². The largest absolute Gasteiger partial charge is 0.481 e. The van der Waals surface area contributed by atoms with Crippen LogP contribution in [0, 0.1) is 5.92 Å². The highest BCUT2D eigenvalue weighted by Gasteiger charge is 2.15. The second-order valence-corrected chi connectivity index (χ2v) is 3.49. The summed E-state index contributed by atoms with van der Waals surface area (Å²) >= 11 is 4.06. The van der Waals surface area contributed by atoms with Crippen molar-refractivity contribution in [1.82, 2.24) is 0 Å². The van der Waals surface area contributed by atoms with Crippen molar-refractivity contribution in [3.05, 3.63) is 0 Å². The monoisotopic (exact) mass is 190 g/mol. The fourth-order valence-electron chi connectivity index (χ4n) is 1.18. The van der Waals surface area contributed by atoms with Gasteiger partial charge >= 0.3 is 5.97 Å². The lowest BCUT2D eigenvalue weighted by atomic mass is 9.97. The smallest absolute Gasteiger partial charge is 0.306 e. The Morgan fingerprint density at radius 2 is 2.00 bits per heavy atom. The van der Waals surface area contributed by atoms with Crippen molar-refractivity contribution < 1.29 is 9.90 Å². The third-order valence-corrected chi connectivity index (χ3v) is 2.28. The van der Waals surface area contributed by atoms with E-state index in [0.29, 0.717) is 0 Å². The Morgan fingerprint density at radius 1 is 1.42 bits per heavy atom. The first-order valence-corrected chi connectivity index (χ1v) is 5.19. The third-order valence-electron chi connectivity index (χ3n) is 1.97. The van der Waals surface area contributed by atoms with Crippen molar-refractivity contribution >= 4 is 18.6 Å². The van der Waals surface area contributed by atoms with Crippen LogP contribution >= 0.6 is 12.6 Å². The molecule has 1 atom stereocenters. The summed E-state index contributed by atoms with van der Waals surface area (Å²) in [7, 11) is 0. The molecule has 2 nitrogen and oxygen atoms in total. The van der Waals surface area contributed by atoms with Crippen LogP contribution in [0.15, 0.2) is 0 Å². The van der Waals surface area contributed by atoms with E-state index in [1.165, 1.54) is 0 Å². The van der Waals surface area contributed by atoms with Crippen LogP contribution in [0.4, 0.5) is 0 Å². The summed E-state index contributed by atoms with van der Waals surface area (Å²) in [5, 5.41) is 8.80. The van der Waals surface area contributed by atoms with Crippen molar-refractivity contribution in [2.45, 2.75) is 39.0 Å². The maximum absolute atomic E-state index is 10.7. The molecule has 0 spiro atoms. The predicted octanol–water partition coefficient (Wildman–Crippen LogP) is 2.59. The quantitative estimate of drug-likeness (QED) is 0.605. The number of unbranched alkanes of at least 4 members (excludes halogenated alkanes) is 1. The summed E-state index contributed by atoms with van der Waals surface area (Å²) in [4.78, 5) is 10.7. The first kappa shape index (κ1) is 11.8. The maximum atomic E-state index is 10.7. The Balaban J connectivity index is 3.62. The number of rotatable bonds is 7. The lowest BCUT2D eigenvalue weighted by Crippen LogP contribution is -2.13. The summed E-state index contributed by atoms with van der Waals surface area (Å²) in [6, 6.07) is 0. The highest BCUT2D eigenvalue weighted by molar-refractivity contribution is 7.80. The van der Waals surface area contributed by atoms with Crippen molar-refractivity contribution in [3.63, 3.8) is 0 Å². The van der Waals surface area contributed by atoms with Gasteiger partial charge in [-0.3, -0.25) is 4.79 Å². The van der Waals surface area contributed by atoms with E-state index in [1.807, 2.05) is 0 Å². The van der Waals surface area contributed by atoms with Gasteiger partial charge in [0.25, 0.3) is 0 Å². The topological polar surface area (TPSA) is 37.3 Å². The van der Waals surface area contributed by atoms with E-state index in [9.17, 15) is 4.79 Å². The fraction of sp³-hybridized carbons (Fsp3) is 0.889. The summed E-state index contributed by atoms with van der Waals surface area (Å²) < 4.78 is 0. The van der Waals surface area contributed by atoms with Crippen LogP contribution in [0.3, 0.4) is 0 Å². The Kier molecular flexibility index (Phi) is 7.36. The first-order valence-electron chi connectivity index (χ1n) is 4.56. The molecule has 0 radical (unpaired) electrons. The van der Waals surface area contributed by atoms with Gasteiger partial charge in [-0.05, 0) is 25.0 Å². The average molecular weight is 190 g/mol. The second kappa shape index (κ2) is 7.47. The minimum Gasteiger partial charge on any atom is -0.481 e. The summed E-state index contributed by atoms with van der Waals surface area (Å²) in [5.74, 6) is -0.00190.